The molecule has 0 heterocycles. The van der Waals surface area contributed by atoms with Gasteiger partial charge in [0.05, 0.1) is 16.1 Å². The van der Waals surface area contributed by atoms with E-state index < -0.39 is 32.3 Å². The van der Waals surface area contributed by atoms with Gasteiger partial charge in [-0.25, -0.2) is 8.42 Å². The van der Waals surface area contributed by atoms with E-state index >= 15 is 0 Å². The first-order valence-corrected chi connectivity index (χ1v) is 9.98. The van der Waals surface area contributed by atoms with Crippen LogP contribution in [0.5, 0.6) is 0 Å². The Bertz CT molecular complexity index is 993. The van der Waals surface area contributed by atoms with Crippen LogP contribution >= 0.6 is 11.6 Å². The van der Waals surface area contributed by atoms with Crippen LogP contribution in [0.3, 0.4) is 0 Å². The van der Waals surface area contributed by atoms with Gasteiger partial charge >= 0.3 is 5.76 Å². The summed E-state index contributed by atoms with van der Waals surface area (Å²) in [6.07, 6.45) is 0. The first-order valence-electron chi connectivity index (χ1n) is 8.06. The Labute approximate surface area is 165 Å². The maximum atomic E-state index is 12.6. The Morgan fingerprint density at radius 2 is 1.61 bits per heavy atom. The van der Waals surface area contributed by atoms with Crippen molar-refractivity contribution in [1.29, 1.82) is 0 Å². The van der Waals surface area contributed by atoms with Gasteiger partial charge in [-0.3, -0.25) is 9.59 Å². The van der Waals surface area contributed by atoms with Crippen molar-refractivity contribution >= 4 is 38.9 Å². The summed E-state index contributed by atoms with van der Waals surface area (Å²) in [5.74, 6) is -4.64. The van der Waals surface area contributed by atoms with Crippen LogP contribution in [-0.2, 0) is 9.84 Å². The molecule has 2 N–H and O–H groups in total. The zero-order valence-corrected chi connectivity index (χ0v) is 16.4. The molecule has 0 saturated heterocycles. The molecule has 0 saturated carbocycles. The van der Waals surface area contributed by atoms with Crippen molar-refractivity contribution in [2.24, 2.45) is 0 Å². The van der Waals surface area contributed by atoms with Crippen molar-refractivity contribution in [3.05, 3.63) is 58.6 Å². The van der Waals surface area contributed by atoms with Crippen molar-refractivity contribution in [3.8, 4) is 0 Å². The topological polar surface area (TPSA) is 92.3 Å². The number of alkyl halides is 2. The summed E-state index contributed by atoms with van der Waals surface area (Å²) in [5.41, 5.74) is 0.353. The lowest BCUT2D eigenvalue weighted by Gasteiger charge is -2.14. The first kappa shape index (κ1) is 21.8. The molecule has 0 aliphatic rings. The quantitative estimate of drug-likeness (QED) is 0.730. The van der Waals surface area contributed by atoms with Gasteiger partial charge in [0.25, 0.3) is 11.8 Å². The molecular formula is C18H17ClF2N2O4S. The molecule has 0 aromatic heterocycles. The zero-order valence-electron chi connectivity index (χ0n) is 14.9. The first-order chi connectivity index (χ1) is 13.0. The van der Waals surface area contributed by atoms with Crippen LogP contribution < -0.4 is 10.6 Å². The summed E-state index contributed by atoms with van der Waals surface area (Å²) >= 11 is 5.94. The number of amides is 2. The molecule has 2 aromatic carbocycles. The van der Waals surface area contributed by atoms with Gasteiger partial charge in [0, 0.05) is 16.6 Å². The average Bonchev–Trinajstić information content (AvgIpc) is 2.61. The molecule has 0 fully saturated rings. The smallest absolute Gasteiger partial charge is 0.341 e. The van der Waals surface area contributed by atoms with Gasteiger partial charge in [0.15, 0.2) is 0 Å². The lowest BCUT2D eigenvalue weighted by atomic mass is 10.1. The van der Waals surface area contributed by atoms with E-state index in [2.05, 4.69) is 10.6 Å². The van der Waals surface area contributed by atoms with Gasteiger partial charge in [-0.2, -0.15) is 8.78 Å². The highest BCUT2D eigenvalue weighted by atomic mass is 35.5. The van der Waals surface area contributed by atoms with Crippen LogP contribution in [0, 0.1) is 0 Å². The number of anilines is 1. The normalized spacial score (nSPS) is 11.5. The number of rotatable bonds is 6. The minimum atomic E-state index is -4.75. The molecule has 0 aliphatic heterocycles. The Balaban J connectivity index is 2.28. The number of carbonyl (C=O) groups excluding carboxylic acids is 2. The summed E-state index contributed by atoms with van der Waals surface area (Å²) in [5, 5.41) is 5.50. The Hall–Kier alpha value is -2.52. The highest BCUT2D eigenvalue weighted by molar-refractivity contribution is 7.91. The maximum Gasteiger partial charge on any atom is 0.341 e. The molecule has 10 heteroatoms. The lowest BCUT2D eigenvalue weighted by molar-refractivity contribution is 0.0944. The molecule has 2 rings (SSSR count). The number of nitrogens with one attached hydrogen (secondary N) is 2. The number of sulfone groups is 1. The Morgan fingerprint density at radius 1 is 1.00 bits per heavy atom. The second kappa shape index (κ2) is 8.66. The predicted molar refractivity (Wildman–Crippen MR) is 102 cm³/mol. The van der Waals surface area contributed by atoms with Gasteiger partial charge in [0.1, 0.15) is 0 Å². The second-order valence-electron chi connectivity index (χ2n) is 6.10. The number of carbonyl (C=O) groups is 2. The van der Waals surface area contributed by atoms with E-state index in [9.17, 15) is 26.8 Å². The van der Waals surface area contributed by atoms with Gasteiger partial charge in [-0.1, -0.05) is 11.6 Å². The molecule has 2 aromatic rings. The van der Waals surface area contributed by atoms with Crippen molar-refractivity contribution in [2.45, 2.75) is 30.5 Å². The summed E-state index contributed by atoms with van der Waals surface area (Å²) in [4.78, 5) is 24.1. The van der Waals surface area contributed by atoms with Crippen LogP contribution in [-0.4, -0.2) is 32.0 Å². The minimum absolute atomic E-state index is 0.0170. The number of hydrogen-bond donors (Lipinski definition) is 2. The van der Waals surface area contributed by atoms with Crippen molar-refractivity contribution in [2.75, 3.05) is 5.32 Å². The highest BCUT2D eigenvalue weighted by Gasteiger charge is 2.26. The highest BCUT2D eigenvalue weighted by Crippen LogP contribution is 2.23. The number of benzene rings is 2. The molecule has 0 atom stereocenters. The molecule has 0 bridgehead atoms. The van der Waals surface area contributed by atoms with E-state index in [4.69, 9.17) is 11.6 Å². The third-order valence-corrected chi connectivity index (χ3v) is 5.21. The fourth-order valence-corrected chi connectivity index (χ4v) is 3.14. The van der Waals surface area contributed by atoms with Gasteiger partial charge in [-0.15, -0.1) is 0 Å². The third kappa shape index (κ3) is 5.05. The van der Waals surface area contributed by atoms with Crippen molar-refractivity contribution in [1.82, 2.24) is 5.32 Å². The molecule has 0 spiro atoms. The lowest BCUT2D eigenvalue weighted by Crippen LogP contribution is -2.31. The largest absolute Gasteiger partial charge is 0.350 e. The Kier molecular flexibility index (Phi) is 6.73. The molecular weight excluding hydrogens is 414 g/mol. The van der Waals surface area contributed by atoms with Crippen LogP contribution in [0.15, 0.2) is 47.4 Å². The third-order valence-electron chi connectivity index (χ3n) is 3.57. The van der Waals surface area contributed by atoms with E-state index in [1.54, 1.807) is 13.8 Å². The fraction of sp³-hybridized carbons (Fsp3) is 0.222. The fourth-order valence-electron chi connectivity index (χ4n) is 2.25. The van der Waals surface area contributed by atoms with E-state index in [1.807, 2.05) is 0 Å². The van der Waals surface area contributed by atoms with Crippen LogP contribution in [0.1, 0.15) is 34.6 Å². The molecule has 2 amide bonds. The molecule has 0 unspecified atom stereocenters. The maximum absolute atomic E-state index is 12.6. The van der Waals surface area contributed by atoms with Crippen molar-refractivity contribution < 1.29 is 26.8 Å². The second-order valence-corrected chi connectivity index (χ2v) is 8.46. The SMILES string of the molecule is CC(C)NC(=O)c1ccc(Cl)cc1NC(=O)c1ccc(S(=O)(=O)C(F)F)cc1. The number of hydrogen-bond acceptors (Lipinski definition) is 4. The van der Waals surface area contributed by atoms with E-state index in [0.29, 0.717) is 0 Å². The van der Waals surface area contributed by atoms with E-state index in [-0.39, 0.29) is 27.9 Å². The van der Waals surface area contributed by atoms with Gasteiger partial charge in [0.2, 0.25) is 9.84 Å². The summed E-state index contributed by atoms with van der Waals surface area (Å²) < 4.78 is 48.0. The molecule has 0 radical (unpaired) electrons. The van der Waals surface area contributed by atoms with Crippen LogP contribution in [0.4, 0.5) is 14.5 Å². The predicted octanol–water partition coefficient (Wildman–Crippen LogP) is 3.73. The molecule has 28 heavy (non-hydrogen) atoms. The monoisotopic (exact) mass is 430 g/mol. The summed E-state index contributed by atoms with van der Waals surface area (Å²) in [7, 11) is -4.75. The summed E-state index contributed by atoms with van der Waals surface area (Å²) in [6, 6.07) is 8.25. The average molecular weight is 431 g/mol. The van der Waals surface area contributed by atoms with Crippen LogP contribution in [0.25, 0.3) is 0 Å². The van der Waals surface area contributed by atoms with Crippen LogP contribution in [0.2, 0.25) is 5.02 Å². The molecule has 150 valence electrons. The molecule has 0 aliphatic carbocycles. The summed E-state index contributed by atoms with van der Waals surface area (Å²) in [6.45, 7) is 3.56. The molecule has 6 nitrogen and oxygen atoms in total. The van der Waals surface area contributed by atoms with Crippen molar-refractivity contribution in [3.63, 3.8) is 0 Å². The number of halogens is 3. The standard InChI is InChI=1S/C18H17ClF2N2O4S/c1-10(2)22-17(25)14-8-5-12(19)9-15(14)23-16(24)11-3-6-13(7-4-11)28(26,27)18(20)21/h3-10,18H,1-2H3,(H,22,25)(H,23,24). The van der Waals surface area contributed by atoms with Gasteiger partial charge in [-0.05, 0) is 56.3 Å². The minimum Gasteiger partial charge on any atom is -0.350 e. The van der Waals surface area contributed by atoms with E-state index in [0.717, 1.165) is 24.3 Å². The van der Waals surface area contributed by atoms with Gasteiger partial charge < -0.3 is 10.6 Å². The van der Waals surface area contributed by atoms with E-state index in [1.165, 1.54) is 18.2 Å². The zero-order chi connectivity index (χ0) is 21.1. The Morgan fingerprint density at radius 3 is 2.14 bits per heavy atom.